The summed E-state index contributed by atoms with van der Waals surface area (Å²) in [4.78, 5) is 22.0. The highest BCUT2D eigenvalue weighted by Gasteiger charge is 2.28. The first-order valence-electron chi connectivity index (χ1n) is 8.36. The summed E-state index contributed by atoms with van der Waals surface area (Å²) in [5, 5.41) is 6.82. The molecular weight excluding hydrogens is 345 g/mol. The fraction of sp³-hybridized carbons (Fsp3) is 0.625. The van der Waals surface area contributed by atoms with Crippen LogP contribution in [0.5, 0.6) is 0 Å². The number of thiazole rings is 1. The maximum Gasteiger partial charge on any atom is 0.230 e. The summed E-state index contributed by atoms with van der Waals surface area (Å²) in [5.41, 5.74) is 0. The van der Waals surface area contributed by atoms with E-state index < -0.39 is 5.95 Å². The SMILES string of the molecule is CC(=O)Nc1nc(F)c(CN2C[C@H](Cc3noc(C)n3)CC[C@@H]2C)s1. The number of nitrogens with zero attached hydrogens (tertiary/aromatic N) is 4. The van der Waals surface area contributed by atoms with E-state index in [0.717, 1.165) is 31.6 Å². The highest BCUT2D eigenvalue weighted by Crippen LogP contribution is 2.29. The lowest BCUT2D eigenvalue weighted by Gasteiger charge is -2.37. The largest absolute Gasteiger partial charge is 0.340 e. The number of halogens is 1. The summed E-state index contributed by atoms with van der Waals surface area (Å²) in [7, 11) is 0. The smallest absolute Gasteiger partial charge is 0.230 e. The van der Waals surface area contributed by atoms with E-state index in [0.29, 0.717) is 34.4 Å². The number of hydrogen-bond acceptors (Lipinski definition) is 7. The Bertz CT molecular complexity index is 747. The van der Waals surface area contributed by atoms with Crippen molar-refractivity contribution in [3.8, 4) is 0 Å². The van der Waals surface area contributed by atoms with E-state index in [1.54, 1.807) is 6.92 Å². The second kappa shape index (κ2) is 7.57. The van der Waals surface area contributed by atoms with Crippen LogP contribution in [0.25, 0.3) is 0 Å². The van der Waals surface area contributed by atoms with E-state index in [1.807, 2.05) is 0 Å². The molecule has 0 unspecified atom stereocenters. The zero-order chi connectivity index (χ0) is 18.0. The molecule has 7 nitrogen and oxygen atoms in total. The van der Waals surface area contributed by atoms with Crippen molar-refractivity contribution in [1.29, 1.82) is 0 Å². The van der Waals surface area contributed by atoms with Crippen molar-refractivity contribution in [2.24, 2.45) is 5.92 Å². The Hall–Kier alpha value is -1.87. The quantitative estimate of drug-likeness (QED) is 0.875. The molecule has 1 amide bonds. The van der Waals surface area contributed by atoms with Gasteiger partial charge in [-0.2, -0.15) is 14.4 Å². The van der Waals surface area contributed by atoms with Gasteiger partial charge in [-0.15, -0.1) is 0 Å². The summed E-state index contributed by atoms with van der Waals surface area (Å²) in [6.45, 7) is 6.66. The highest BCUT2D eigenvalue weighted by molar-refractivity contribution is 7.15. The monoisotopic (exact) mass is 367 g/mol. The third-order valence-corrected chi connectivity index (χ3v) is 5.36. The van der Waals surface area contributed by atoms with E-state index in [4.69, 9.17) is 4.52 Å². The van der Waals surface area contributed by atoms with Gasteiger partial charge in [0.05, 0.1) is 4.88 Å². The van der Waals surface area contributed by atoms with Gasteiger partial charge in [0.1, 0.15) is 0 Å². The maximum atomic E-state index is 14.1. The van der Waals surface area contributed by atoms with Crippen molar-refractivity contribution < 1.29 is 13.7 Å². The van der Waals surface area contributed by atoms with Crippen LogP contribution < -0.4 is 5.32 Å². The van der Waals surface area contributed by atoms with Crippen molar-refractivity contribution >= 4 is 22.4 Å². The van der Waals surface area contributed by atoms with E-state index >= 15 is 0 Å². The number of hydrogen-bond donors (Lipinski definition) is 1. The standard InChI is InChI=1S/C16H22FN5O2S/c1-9-4-5-12(6-14-19-11(3)24-21-14)7-22(9)8-13-15(17)20-16(25-13)18-10(2)23/h9,12H,4-8H2,1-3H3,(H,18,20,23)/t9-,12-/m0/s1. The average molecular weight is 367 g/mol. The predicted octanol–water partition coefficient (Wildman–Crippen LogP) is 2.78. The lowest BCUT2D eigenvalue weighted by atomic mass is 9.90. The first-order chi connectivity index (χ1) is 11.9. The predicted molar refractivity (Wildman–Crippen MR) is 91.7 cm³/mol. The minimum absolute atomic E-state index is 0.248. The van der Waals surface area contributed by atoms with Gasteiger partial charge in [-0.05, 0) is 25.7 Å². The Labute approximate surface area is 149 Å². The molecule has 3 rings (SSSR count). The van der Waals surface area contributed by atoms with Crippen LogP contribution in [0.4, 0.5) is 9.52 Å². The number of likely N-dealkylation sites (tertiary alicyclic amines) is 1. The molecule has 1 fully saturated rings. The zero-order valence-corrected chi connectivity index (χ0v) is 15.4. The van der Waals surface area contributed by atoms with E-state index in [-0.39, 0.29) is 5.91 Å². The van der Waals surface area contributed by atoms with Crippen LogP contribution >= 0.6 is 11.3 Å². The number of rotatable bonds is 5. The number of piperidine rings is 1. The molecule has 0 aromatic carbocycles. The number of amides is 1. The summed E-state index contributed by atoms with van der Waals surface area (Å²) >= 11 is 1.19. The third-order valence-electron chi connectivity index (χ3n) is 4.43. The molecule has 3 heterocycles. The molecule has 136 valence electrons. The number of anilines is 1. The van der Waals surface area contributed by atoms with Crippen LogP contribution in [0.2, 0.25) is 0 Å². The van der Waals surface area contributed by atoms with Crippen molar-refractivity contribution in [3.63, 3.8) is 0 Å². The number of nitrogens with one attached hydrogen (secondary N) is 1. The van der Waals surface area contributed by atoms with Crippen molar-refractivity contribution in [3.05, 3.63) is 22.5 Å². The Morgan fingerprint density at radius 2 is 2.24 bits per heavy atom. The molecule has 1 saturated heterocycles. The second-order valence-electron chi connectivity index (χ2n) is 6.57. The Balaban J connectivity index is 1.64. The van der Waals surface area contributed by atoms with Crippen molar-refractivity contribution in [1.82, 2.24) is 20.0 Å². The first-order valence-corrected chi connectivity index (χ1v) is 9.18. The summed E-state index contributed by atoms with van der Waals surface area (Å²) in [6.07, 6.45) is 2.90. The van der Waals surface area contributed by atoms with Gasteiger partial charge < -0.3 is 9.84 Å². The molecule has 0 aliphatic carbocycles. The molecule has 0 radical (unpaired) electrons. The van der Waals surface area contributed by atoms with Gasteiger partial charge in [0, 0.05) is 39.4 Å². The molecular formula is C16H22FN5O2S. The molecule has 0 saturated carbocycles. The number of aromatic nitrogens is 3. The van der Waals surface area contributed by atoms with Gasteiger partial charge in [-0.25, -0.2) is 0 Å². The van der Waals surface area contributed by atoms with Crippen LogP contribution in [0.1, 0.15) is 43.3 Å². The lowest BCUT2D eigenvalue weighted by Crippen LogP contribution is -2.41. The fourth-order valence-corrected chi connectivity index (χ4v) is 4.07. The minimum Gasteiger partial charge on any atom is -0.340 e. The molecule has 2 atom stereocenters. The summed E-state index contributed by atoms with van der Waals surface area (Å²) in [5.74, 6) is 0.972. The Morgan fingerprint density at radius 1 is 1.44 bits per heavy atom. The highest BCUT2D eigenvalue weighted by atomic mass is 32.1. The van der Waals surface area contributed by atoms with E-state index in [2.05, 4.69) is 32.3 Å². The maximum absolute atomic E-state index is 14.1. The topological polar surface area (TPSA) is 84.2 Å². The third kappa shape index (κ3) is 4.60. The minimum atomic E-state index is -0.503. The van der Waals surface area contributed by atoms with Crippen molar-refractivity contribution in [2.45, 2.75) is 52.6 Å². The van der Waals surface area contributed by atoms with Gasteiger partial charge >= 0.3 is 0 Å². The van der Waals surface area contributed by atoms with Crippen molar-refractivity contribution in [2.75, 3.05) is 11.9 Å². The molecule has 2 aromatic rings. The summed E-state index contributed by atoms with van der Waals surface area (Å²) in [6, 6.07) is 0.369. The second-order valence-corrected chi connectivity index (χ2v) is 7.65. The molecule has 0 bridgehead atoms. The molecule has 2 aromatic heterocycles. The molecule has 1 N–H and O–H groups in total. The Morgan fingerprint density at radius 3 is 2.92 bits per heavy atom. The average Bonchev–Trinajstić information content (AvgIpc) is 3.08. The van der Waals surface area contributed by atoms with Crippen LogP contribution in [-0.2, 0) is 17.8 Å². The van der Waals surface area contributed by atoms with E-state index in [9.17, 15) is 9.18 Å². The number of carbonyl (C=O) groups excluding carboxylic acids is 1. The normalized spacial score (nSPS) is 21.4. The molecule has 1 aliphatic rings. The lowest BCUT2D eigenvalue weighted by molar-refractivity contribution is -0.114. The molecule has 0 spiro atoms. The first kappa shape index (κ1) is 17.9. The molecule has 1 aliphatic heterocycles. The summed E-state index contributed by atoms with van der Waals surface area (Å²) < 4.78 is 19.1. The number of aryl methyl sites for hydroxylation is 1. The molecule has 25 heavy (non-hydrogen) atoms. The number of carbonyl (C=O) groups is 1. The van der Waals surface area contributed by atoms with Gasteiger partial charge in [0.2, 0.25) is 17.7 Å². The zero-order valence-electron chi connectivity index (χ0n) is 14.6. The van der Waals surface area contributed by atoms with Gasteiger partial charge in [0.15, 0.2) is 11.0 Å². The van der Waals surface area contributed by atoms with Crippen LogP contribution in [-0.4, -0.2) is 38.5 Å². The van der Waals surface area contributed by atoms with E-state index in [1.165, 1.54) is 18.3 Å². The van der Waals surface area contributed by atoms with Gasteiger partial charge in [-0.1, -0.05) is 16.5 Å². The van der Waals surface area contributed by atoms with Crippen LogP contribution in [0.15, 0.2) is 4.52 Å². The Kier molecular flexibility index (Phi) is 5.43. The van der Waals surface area contributed by atoms with Gasteiger partial charge in [0.25, 0.3) is 0 Å². The van der Waals surface area contributed by atoms with Crippen LogP contribution in [0.3, 0.4) is 0 Å². The van der Waals surface area contributed by atoms with Gasteiger partial charge in [-0.3, -0.25) is 9.69 Å². The van der Waals surface area contributed by atoms with Crippen LogP contribution in [0, 0.1) is 18.8 Å². The molecule has 9 heteroatoms. The fourth-order valence-electron chi connectivity index (χ4n) is 3.15.